The number of hydrogen-bond donors (Lipinski definition) is 2. The van der Waals surface area contributed by atoms with E-state index in [1.165, 1.54) is 6.33 Å². The number of carbonyl (C=O) groups is 1. The number of benzene rings is 1. The van der Waals surface area contributed by atoms with Gasteiger partial charge in [0.05, 0.1) is 17.0 Å². The molecule has 2 aromatic rings. The van der Waals surface area contributed by atoms with E-state index in [1.54, 1.807) is 12.1 Å². The normalized spacial score (nSPS) is 10.1. The zero-order chi connectivity index (χ0) is 13.1. The molecular weight excluding hydrogens is 254 g/mol. The maximum atomic E-state index is 11.8. The fraction of sp³-hybridized carbons (Fsp3) is 0.0833. The van der Waals surface area contributed by atoms with E-state index in [-0.39, 0.29) is 11.3 Å². The second-order valence-electron chi connectivity index (χ2n) is 3.73. The molecule has 6 heteroatoms. The summed E-state index contributed by atoms with van der Waals surface area (Å²) in [6.45, 7) is 1.90. The average Bonchev–Trinajstić information content (AvgIpc) is 2.32. The van der Waals surface area contributed by atoms with Gasteiger partial charge in [-0.25, -0.2) is 4.98 Å². The van der Waals surface area contributed by atoms with Crippen LogP contribution in [0.3, 0.4) is 0 Å². The predicted molar refractivity (Wildman–Crippen MR) is 69.0 cm³/mol. The molecule has 0 spiro atoms. The van der Waals surface area contributed by atoms with E-state index in [0.717, 1.165) is 11.6 Å². The van der Waals surface area contributed by atoms with Crippen molar-refractivity contribution in [1.82, 2.24) is 9.97 Å². The molecule has 1 heterocycles. The van der Waals surface area contributed by atoms with E-state index in [1.807, 2.05) is 13.0 Å². The molecule has 0 saturated heterocycles. The van der Waals surface area contributed by atoms with Gasteiger partial charge in [0, 0.05) is 6.07 Å². The minimum absolute atomic E-state index is 0.0374. The first-order chi connectivity index (χ1) is 8.56. The van der Waals surface area contributed by atoms with E-state index < -0.39 is 5.91 Å². The highest BCUT2D eigenvalue weighted by Crippen LogP contribution is 2.22. The molecule has 0 aliphatic carbocycles. The van der Waals surface area contributed by atoms with E-state index in [4.69, 9.17) is 11.6 Å². The van der Waals surface area contributed by atoms with Crippen LogP contribution in [0.4, 0.5) is 5.69 Å². The third-order valence-electron chi connectivity index (χ3n) is 2.28. The van der Waals surface area contributed by atoms with Gasteiger partial charge < -0.3 is 10.3 Å². The summed E-state index contributed by atoms with van der Waals surface area (Å²) in [6.07, 6.45) is 1.17. The van der Waals surface area contributed by atoms with Crippen LogP contribution >= 0.6 is 11.6 Å². The van der Waals surface area contributed by atoms with Crippen molar-refractivity contribution >= 4 is 23.2 Å². The Morgan fingerprint density at radius 1 is 1.39 bits per heavy atom. The lowest BCUT2D eigenvalue weighted by atomic mass is 10.2. The van der Waals surface area contributed by atoms with Crippen molar-refractivity contribution in [2.45, 2.75) is 6.92 Å². The lowest BCUT2D eigenvalue weighted by Crippen LogP contribution is -2.17. The van der Waals surface area contributed by atoms with E-state index in [9.17, 15) is 9.59 Å². The second-order valence-corrected chi connectivity index (χ2v) is 4.14. The summed E-state index contributed by atoms with van der Waals surface area (Å²) >= 11 is 5.99. The number of H-pyrrole nitrogens is 1. The minimum Gasteiger partial charge on any atom is -0.319 e. The molecule has 1 aromatic heterocycles. The molecule has 0 aliphatic heterocycles. The number of carbonyl (C=O) groups excluding carboxylic acids is 1. The average molecular weight is 264 g/mol. The van der Waals surface area contributed by atoms with Crippen molar-refractivity contribution in [1.29, 1.82) is 0 Å². The number of hydrogen-bond acceptors (Lipinski definition) is 3. The number of nitrogens with zero attached hydrogens (tertiary/aromatic N) is 1. The molecule has 5 nitrogen and oxygen atoms in total. The standard InChI is InChI=1S/C12H10ClN3O2/c1-7-2-3-9(8(13)4-7)16-12(18)10-5-11(17)15-6-14-10/h2-6H,1H3,(H,16,18)(H,14,15,17). The first-order valence-electron chi connectivity index (χ1n) is 5.18. The van der Waals surface area contributed by atoms with Crippen LogP contribution in [0.15, 0.2) is 35.4 Å². The molecule has 0 bridgehead atoms. The lowest BCUT2D eigenvalue weighted by molar-refractivity contribution is 0.102. The number of aromatic amines is 1. The maximum Gasteiger partial charge on any atom is 0.274 e. The summed E-state index contributed by atoms with van der Waals surface area (Å²) < 4.78 is 0. The van der Waals surface area contributed by atoms with Crippen LogP contribution in [0.2, 0.25) is 5.02 Å². The van der Waals surface area contributed by atoms with Gasteiger partial charge in [-0.3, -0.25) is 9.59 Å². The van der Waals surface area contributed by atoms with Gasteiger partial charge in [0.15, 0.2) is 0 Å². The first-order valence-corrected chi connectivity index (χ1v) is 5.56. The fourth-order valence-corrected chi connectivity index (χ4v) is 1.68. The molecule has 0 aliphatic rings. The monoisotopic (exact) mass is 263 g/mol. The van der Waals surface area contributed by atoms with Gasteiger partial charge in [0.1, 0.15) is 5.69 Å². The van der Waals surface area contributed by atoms with Crippen LogP contribution in [0.5, 0.6) is 0 Å². The van der Waals surface area contributed by atoms with Gasteiger partial charge in [-0.05, 0) is 24.6 Å². The lowest BCUT2D eigenvalue weighted by Gasteiger charge is -2.06. The zero-order valence-electron chi connectivity index (χ0n) is 9.53. The molecule has 0 unspecified atom stereocenters. The summed E-state index contributed by atoms with van der Waals surface area (Å²) in [6, 6.07) is 6.38. The molecule has 0 atom stereocenters. The molecule has 18 heavy (non-hydrogen) atoms. The highest BCUT2D eigenvalue weighted by Gasteiger charge is 2.10. The fourth-order valence-electron chi connectivity index (χ4n) is 1.40. The van der Waals surface area contributed by atoms with Gasteiger partial charge in [0.2, 0.25) is 0 Å². The molecule has 0 radical (unpaired) electrons. The minimum atomic E-state index is -0.480. The van der Waals surface area contributed by atoms with Crippen LogP contribution in [0.25, 0.3) is 0 Å². The third-order valence-corrected chi connectivity index (χ3v) is 2.60. The van der Waals surface area contributed by atoms with E-state index >= 15 is 0 Å². The highest BCUT2D eigenvalue weighted by molar-refractivity contribution is 6.34. The van der Waals surface area contributed by atoms with E-state index in [2.05, 4.69) is 15.3 Å². The number of rotatable bonds is 2. The van der Waals surface area contributed by atoms with Crippen molar-refractivity contribution < 1.29 is 4.79 Å². The summed E-state index contributed by atoms with van der Waals surface area (Å²) in [7, 11) is 0. The van der Waals surface area contributed by atoms with Crippen molar-refractivity contribution in [3.63, 3.8) is 0 Å². The largest absolute Gasteiger partial charge is 0.319 e. The number of halogens is 1. The summed E-state index contributed by atoms with van der Waals surface area (Å²) in [4.78, 5) is 29.0. The van der Waals surface area contributed by atoms with Crippen LogP contribution < -0.4 is 10.9 Å². The van der Waals surface area contributed by atoms with E-state index in [0.29, 0.717) is 10.7 Å². The number of amides is 1. The van der Waals surface area contributed by atoms with Gasteiger partial charge in [0.25, 0.3) is 11.5 Å². The Balaban J connectivity index is 2.24. The third kappa shape index (κ3) is 2.75. The topological polar surface area (TPSA) is 74.8 Å². The molecule has 0 fully saturated rings. The van der Waals surface area contributed by atoms with Crippen molar-refractivity contribution in [3.8, 4) is 0 Å². The Morgan fingerprint density at radius 2 is 2.17 bits per heavy atom. The summed E-state index contributed by atoms with van der Waals surface area (Å²) in [5.41, 5.74) is 1.13. The summed E-state index contributed by atoms with van der Waals surface area (Å²) in [5.74, 6) is -0.480. The van der Waals surface area contributed by atoms with Crippen LogP contribution in [0.1, 0.15) is 16.1 Å². The predicted octanol–water partition coefficient (Wildman–Crippen LogP) is 1.98. The molecule has 1 amide bonds. The van der Waals surface area contributed by atoms with Gasteiger partial charge >= 0.3 is 0 Å². The molecule has 2 rings (SSSR count). The smallest absolute Gasteiger partial charge is 0.274 e. The van der Waals surface area contributed by atoms with Gasteiger partial charge in [-0.2, -0.15) is 0 Å². The first kappa shape index (κ1) is 12.3. The second kappa shape index (κ2) is 5.01. The number of aryl methyl sites for hydroxylation is 1. The Morgan fingerprint density at radius 3 is 2.83 bits per heavy atom. The van der Waals surface area contributed by atoms with Crippen LogP contribution in [-0.2, 0) is 0 Å². The van der Waals surface area contributed by atoms with Crippen molar-refractivity contribution in [3.05, 3.63) is 57.2 Å². The molecule has 1 aromatic carbocycles. The number of aromatic nitrogens is 2. The summed E-state index contributed by atoms with van der Waals surface area (Å²) in [5, 5.41) is 3.03. The quantitative estimate of drug-likeness (QED) is 0.870. The Labute approximate surface area is 108 Å². The molecule has 92 valence electrons. The molecule has 0 saturated carbocycles. The maximum absolute atomic E-state index is 11.8. The highest BCUT2D eigenvalue weighted by atomic mass is 35.5. The number of nitrogens with one attached hydrogen (secondary N) is 2. The van der Waals surface area contributed by atoms with Crippen molar-refractivity contribution in [2.75, 3.05) is 5.32 Å². The van der Waals surface area contributed by atoms with Gasteiger partial charge in [-0.15, -0.1) is 0 Å². The van der Waals surface area contributed by atoms with Crippen molar-refractivity contribution in [2.24, 2.45) is 0 Å². The molecular formula is C12H10ClN3O2. The van der Waals surface area contributed by atoms with Crippen LogP contribution in [0, 0.1) is 6.92 Å². The van der Waals surface area contributed by atoms with Gasteiger partial charge in [-0.1, -0.05) is 17.7 Å². The SMILES string of the molecule is Cc1ccc(NC(=O)c2cc(=O)[nH]cn2)c(Cl)c1. The Kier molecular flexibility index (Phi) is 3.43. The number of anilines is 1. The Bertz CT molecular complexity index is 652. The Hall–Kier alpha value is -2.14. The zero-order valence-corrected chi connectivity index (χ0v) is 10.3. The molecule has 2 N–H and O–H groups in total. The van der Waals surface area contributed by atoms with Crippen LogP contribution in [-0.4, -0.2) is 15.9 Å².